The maximum atomic E-state index is 13.1. The molecule has 0 unspecified atom stereocenters. The van der Waals surface area contributed by atoms with Gasteiger partial charge in [-0.15, -0.1) is 0 Å². The lowest BCUT2D eigenvalue weighted by molar-refractivity contribution is 0.0694. The molecule has 0 aliphatic carbocycles. The molecule has 1 heterocycles. The normalized spacial score (nSPS) is 11.1. The quantitative estimate of drug-likeness (QED) is 0.288. The number of carboxylic acids is 1. The van der Waals surface area contributed by atoms with Crippen molar-refractivity contribution >= 4 is 44.6 Å². The number of ether oxygens (including phenoxy) is 1. The molecule has 3 aromatic carbocycles. The summed E-state index contributed by atoms with van der Waals surface area (Å²) in [5, 5.41) is 10.4. The number of sulfone groups is 1. The average molecular weight is 537 g/mol. The molecule has 37 heavy (non-hydrogen) atoms. The van der Waals surface area contributed by atoms with E-state index in [2.05, 4.69) is 4.98 Å². The van der Waals surface area contributed by atoms with Crippen LogP contribution in [0, 0.1) is 0 Å². The molecule has 0 spiro atoms. The zero-order valence-electron chi connectivity index (χ0n) is 19.8. The molecular weight excluding hydrogens is 516 g/mol. The zero-order chi connectivity index (χ0) is 26.7. The summed E-state index contributed by atoms with van der Waals surface area (Å²) in [6.07, 6.45) is 2.57. The van der Waals surface area contributed by atoms with Crippen LogP contribution < -0.4 is 9.64 Å². The van der Waals surface area contributed by atoms with E-state index in [1.807, 2.05) is 24.1 Å². The summed E-state index contributed by atoms with van der Waals surface area (Å²) in [5.41, 5.74) is 1.53. The molecule has 0 bridgehead atoms. The number of pyridine rings is 1. The number of benzene rings is 3. The summed E-state index contributed by atoms with van der Waals surface area (Å²) >= 11 is 5.94. The molecule has 10 heteroatoms. The first-order valence-corrected chi connectivity index (χ1v) is 13.2. The highest BCUT2D eigenvalue weighted by atomic mass is 35.5. The van der Waals surface area contributed by atoms with Gasteiger partial charge in [0.05, 0.1) is 11.9 Å². The smallest absolute Gasteiger partial charge is 0.339 e. The first-order chi connectivity index (χ1) is 17.5. The highest BCUT2D eigenvalue weighted by molar-refractivity contribution is 7.90. The van der Waals surface area contributed by atoms with Gasteiger partial charge in [-0.05, 0) is 66.7 Å². The molecule has 8 nitrogen and oxygen atoms in total. The number of halogens is 1. The number of carbonyl (C=O) groups excluding carboxylic acids is 1. The number of aromatic nitrogens is 1. The Morgan fingerprint density at radius 3 is 2.22 bits per heavy atom. The minimum Gasteiger partial charge on any atom is -0.478 e. The molecule has 1 N–H and O–H groups in total. The van der Waals surface area contributed by atoms with Crippen molar-refractivity contribution in [2.45, 2.75) is 4.90 Å². The standard InChI is InChI=1S/C27H21ClN2O6S/c1-30(19-10-8-18(28)9-11-19)20-12-13-22(29-16-20)26(31)17-7-14-23(21(15-17)27(32)33)36-24-5-3-4-6-25(24)37(2,34)35/h3-16H,1-2H3,(H,32,33). The Morgan fingerprint density at radius 2 is 1.59 bits per heavy atom. The zero-order valence-corrected chi connectivity index (χ0v) is 21.3. The topological polar surface area (TPSA) is 114 Å². The number of nitrogens with zero attached hydrogens (tertiary/aromatic N) is 2. The van der Waals surface area contributed by atoms with E-state index in [1.54, 1.807) is 36.5 Å². The molecular formula is C27H21ClN2O6S. The van der Waals surface area contributed by atoms with Gasteiger partial charge in [-0.1, -0.05) is 23.7 Å². The summed E-state index contributed by atoms with van der Waals surface area (Å²) in [6, 6.07) is 20.3. The van der Waals surface area contributed by atoms with Gasteiger partial charge in [0.15, 0.2) is 9.84 Å². The third kappa shape index (κ3) is 5.79. The predicted octanol–water partition coefficient (Wildman–Crippen LogP) is 5.63. The maximum absolute atomic E-state index is 13.1. The Balaban J connectivity index is 1.60. The van der Waals surface area contributed by atoms with Gasteiger partial charge in [-0.25, -0.2) is 13.2 Å². The summed E-state index contributed by atoms with van der Waals surface area (Å²) in [4.78, 5) is 31.1. The van der Waals surface area contributed by atoms with Crippen LogP contribution in [-0.4, -0.2) is 43.6 Å². The van der Waals surface area contributed by atoms with Crippen LogP contribution in [0.3, 0.4) is 0 Å². The van der Waals surface area contributed by atoms with Gasteiger partial charge < -0.3 is 14.7 Å². The van der Waals surface area contributed by atoms with Crippen molar-refractivity contribution in [1.82, 2.24) is 4.98 Å². The molecule has 188 valence electrons. The molecule has 0 saturated heterocycles. The fraction of sp³-hybridized carbons (Fsp3) is 0.0741. The fourth-order valence-electron chi connectivity index (χ4n) is 3.57. The number of hydrogen-bond donors (Lipinski definition) is 1. The summed E-state index contributed by atoms with van der Waals surface area (Å²) < 4.78 is 29.8. The van der Waals surface area contributed by atoms with Crippen LogP contribution >= 0.6 is 11.6 Å². The second-order valence-electron chi connectivity index (χ2n) is 8.10. The maximum Gasteiger partial charge on any atom is 0.339 e. The third-order valence-electron chi connectivity index (χ3n) is 5.52. The van der Waals surface area contributed by atoms with Gasteiger partial charge in [0.1, 0.15) is 27.7 Å². The number of para-hydroxylation sites is 1. The summed E-state index contributed by atoms with van der Waals surface area (Å²) in [6.45, 7) is 0. The van der Waals surface area contributed by atoms with Crippen molar-refractivity contribution in [3.05, 3.63) is 107 Å². The minimum atomic E-state index is -3.62. The van der Waals surface area contributed by atoms with Gasteiger partial charge in [0, 0.05) is 29.6 Å². The number of hydrogen-bond acceptors (Lipinski definition) is 7. The van der Waals surface area contributed by atoms with Crippen LogP contribution in [0.4, 0.5) is 11.4 Å². The molecule has 0 atom stereocenters. The van der Waals surface area contributed by atoms with E-state index in [1.165, 1.54) is 36.4 Å². The molecule has 4 rings (SSSR count). The Bertz CT molecular complexity index is 1590. The first kappa shape index (κ1) is 25.9. The van der Waals surface area contributed by atoms with Crippen molar-refractivity contribution in [2.75, 3.05) is 18.2 Å². The molecule has 0 fully saturated rings. The monoisotopic (exact) mass is 536 g/mol. The lowest BCUT2D eigenvalue weighted by Gasteiger charge is -2.19. The predicted molar refractivity (Wildman–Crippen MR) is 140 cm³/mol. The van der Waals surface area contributed by atoms with E-state index in [0.29, 0.717) is 5.02 Å². The van der Waals surface area contributed by atoms with Crippen LogP contribution in [0.2, 0.25) is 5.02 Å². The lowest BCUT2D eigenvalue weighted by atomic mass is 10.0. The molecule has 0 radical (unpaired) electrons. The number of carboxylic acid groups (broad SMARTS) is 1. The number of anilines is 2. The lowest BCUT2D eigenvalue weighted by Crippen LogP contribution is -2.11. The van der Waals surface area contributed by atoms with Crippen molar-refractivity contribution in [2.24, 2.45) is 0 Å². The van der Waals surface area contributed by atoms with E-state index < -0.39 is 21.6 Å². The van der Waals surface area contributed by atoms with Crippen LogP contribution in [0.1, 0.15) is 26.4 Å². The highest BCUT2D eigenvalue weighted by Crippen LogP contribution is 2.32. The number of ketones is 1. The number of rotatable bonds is 8. The van der Waals surface area contributed by atoms with Gasteiger partial charge in [0.2, 0.25) is 5.78 Å². The van der Waals surface area contributed by atoms with Crippen molar-refractivity contribution in [3.63, 3.8) is 0 Å². The first-order valence-electron chi connectivity index (χ1n) is 10.9. The van der Waals surface area contributed by atoms with Gasteiger partial charge >= 0.3 is 5.97 Å². The minimum absolute atomic E-state index is 0.0198. The summed E-state index contributed by atoms with van der Waals surface area (Å²) in [7, 11) is -1.77. The Kier molecular flexibility index (Phi) is 7.28. The van der Waals surface area contributed by atoms with E-state index in [0.717, 1.165) is 17.6 Å². The molecule has 1 aromatic heterocycles. The molecule has 0 amide bonds. The average Bonchev–Trinajstić information content (AvgIpc) is 2.88. The van der Waals surface area contributed by atoms with Crippen molar-refractivity contribution < 1.29 is 27.9 Å². The third-order valence-corrected chi connectivity index (χ3v) is 6.91. The SMILES string of the molecule is CN(c1ccc(Cl)cc1)c1ccc(C(=O)c2ccc(Oc3ccccc3S(C)(=O)=O)c(C(=O)O)c2)nc1. The van der Waals surface area contributed by atoms with Gasteiger partial charge in [0.25, 0.3) is 0 Å². The molecule has 0 saturated carbocycles. The highest BCUT2D eigenvalue weighted by Gasteiger charge is 2.21. The van der Waals surface area contributed by atoms with Crippen molar-refractivity contribution in [3.8, 4) is 11.5 Å². The Morgan fingerprint density at radius 1 is 0.919 bits per heavy atom. The Labute approximate surface area is 218 Å². The van der Waals surface area contributed by atoms with Crippen LogP contribution in [0.15, 0.2) is 90.0 Å². The van der Waals surface area contributed by atoms with Gasteiger partial charge in [-0.2, -0.15) is 0 Å². The summed E-state index contributed by atoms with van der Waals surface area (Å²) in [5.74, 6) is -1.94. The fourth-order valence-corrected chi connectivity index (χ4v) is 4.49. The van der Waals surface area contributed by atoms with E-state index in [4.69, 9.17) is 16.3 Å². The van der Waals surface area contributed by atoms with Crippen molar-refractivity contribution in [1.29, 1.82) is 0 Å². The number of carbonyl (C=O) groups is 2. The molecule has 4 aromatic rings. The van der Waals surface area contributed by atoms with Gasteiger partial charge in [-0.3, -0.25) is 9.78 Å². The van der Waals surface area contributed by atoms with E-state index >= 15 is 0 Å². The van der Waals surface area contributed by atoms with Crippen LogP contribution in [0.25, 0.3) is 0 Å². The second kappa shape index (κ2) is 10.4. The Hall–Kier alpha value is -4.21. The molecule has 0 aliphatic heterocycles. The second-order valence-corrected chi connectivity index (χ2v) is 10.5. The van der Waals surface area contributed by atoms with E-state index in [-0.39, 0.29) is 33.2 Å². The van der Waals surface area contributed by atoms with Crippen LogP contribution in [-0.2, 0) is 9.84 Å². The largest absolute Gasteiger partial charge is 0.478 e. The molecule has 0 aliphatic rings. The number of aromatic carboxylic acids is 1. The van der Waals surface area contributed by atoms with E-state index in [9.17, 15) is 23.1 Å². The van der Waals surface area contributed by atoms with Crippen LogP contribution in [0.5, 0.6) is 11.5 Å².